The normalized spacial score (nSPS) is 14.6. The number of rotatable bonds is 7. The quantitative estimate of drug-likeness (QED) is 0.603. The summed E-state index contributed by atoms with van der Waals surface area (Å²) in [6.45, 7) is 6.55. The van der Waals surface area contributed by atoms with Gasteiger partial charge in [-0.05, 0) is 31.2 Å². The van der Waals surface area contributed by atoms with Gasteiger partial charge in [0.25, 0.3) is 0 Å². The minimum absolute atomic E-state index is 0.103. The first-order chi connectivity index (χ1) is 14.7. The van der Waals surface area contributed by atoms with Crippen LogP contribution in [0.1, 0.15) is 11.5 Å². The molecule has 0 atom stereocenters. The van der Waals surface area contributed by atoms with Crippen LogP contribution in [0.3, 0.4) is 0 Å². The van der Waals surface area contributed by atoms with Crippen molar-refractivity contribution in [1.82, 2.24) is 14.8 Å². The van der Waals surface area contributed by atoms with Crippen LogP contribution in [0, 0.1) is 6.92 Å². The number of para-hydroxylation sites is 1. The van der Waals surface area contributed by atoms with Crippen LogP contribution in [-0.4, -0.2) is 60.0 Å². The van der Waals surface area contributed by atoms with E-state index in [9.17, 15) is 4.79 Å². The van der Waals surface area contributed by atoms with Gasteiger partial charge in [-0.15, -0.1) is 0 Å². The molecule has 1 amide bonds. The zero-order chi connectivity index (χ0) is 20.8. The number of amides is 1. The summed E-state index contributed by atoms with van der Waals surface area (Å²) in [5, 5.41) is 0. The number of carbonyl (C=O) groups is 1. The van der Waals surface area contributed by atoms with E-state index in [4.69, 9.17) is 9.15 Å². The van der Waals surface area contributed by atoms with Gasteiger partial charge in [0.1, 0.15) is 18.1 Å². The Morgan fingerprint density at radius 2 is 1.67 bits per heavy atom. The number of oxazole rings is 1. The molecule has 0 radical (unpaired) electrons. The van der Waals surface area contributed by atoms with Crippen LogP contribution < -0.4 is 4.74 Å². The van der Waals surface area contributed by atoms with Gasteiger partial charge in [0.05, 0.1) is 12.1 Å². The van der Waals surface area contributed by atoms with Crippen molar-refractivity contribution in [1.29, 1.82) is 0 Å². The van der Waals surface area contributed by atoms with E-state index in [-0.39, 0.29) is 12.3 Å². The van der Waals surface area contributed by atoms with Gasteiger partial charge >= 0.3 is 0 Å². The second-order valence-corrected chi connectivity index (χ2v) is 7.45. The SMILES string of the molecule is Cc1oc(-c2ccccc2)nc1CC(=O)N1CCN(CCOc2ccccc2)CC1. The fourth-order valence-electron chi connectivity index (χ4n) is 3.58. The van der Waals surface area contributed by atoms with Crippen LogP contribution in [0.2, 0.25) is 0 Å². The van der Waals surface area contributed by atoms with Crippen molar-refractivity contribution in [3.63, 3.8) is 0 Å². The standard InChI is InChI=1S/C24H27N3O3/c1-19-22(25-24(30-19)20-8-4-2-5-9-20)18-23(28)27-14-12-26(13-15-27)16-17-29-21-10-6-3-7-11-21/h2-11H,12-18H2,1H3. The summed E-state index contributed by atoms with van der Waals surface area (Å²) in [6, 6.07) is 19.6. The maximum absolute atomic E-state index is 12.8. The average molecular weight is 405 g/mol. The fourth-order valence-corrected chi connectivity index (χ4v) is 3.58. The number of carbonyl (C=O) groups excluding carboxylic acids is 1. The smallest absolute Gasteiger partial charge is 0.228 e. The number of nitrogens with zero attached hydrogens (tertiary/aromatic N) is 3. The molecule has 6 heteroatoms. The minimum atomic E-state index is 0.103. The van der Waals surface area contributed by atoms with Gasteiger partial charge in [0, 0.05) is 38.3 Å². The van der Waals surface area contributed by atoms with Crippen molar-refractivity contribution in [3.8, 4) is 17.2 Å². The van der Waals surface area contributed by atoms with Gasteiger partial charge in [0.15, 0.2) is 0 Å². The van der Waals surface area contributed by atoms with Crippen molar-refractivity contribution in [2.45, 2.75) is 13.3 Å². The van der Waals surface area contributed by atoms with Crippen LogP contribution in [0.5, 0.6) is 5.75 Å². The Labute approximate surface area is 177 Å². The number of benzene rings is 2. The van der Waals surface area contributed by atoms with Gasteiger partial charge in [-0.2, -0.15) is 0 Å². The molecular weight excluding hydrogens is 378 g/mol. The van der Waals surface area contributed by atoms with Gasteiger partial charge in [-0.1, -0.05) is 36.4 Å². The molecule has 3 aromatic rings. The van der Waals surface area contributed by atoms with Gasteiger partial charge < -0.3 is 14.1 Å². The molecule has 2 aromatic carbocycles. The highest BCUT2D eigenvalue weighted by molar-refractivity contribution is 5.78. The van der Waals surface area contributed by atoms with Crippen molar-refractivity contribution < 1.29 is 13.9 Å². The molecule has 0 N–H and O–H groups in total. The lowest BCUT2D eigenvalue weighted by molar-refractivity contribution is -0.132. The van der Waals surface area contributed by atoms with Gasteiger partial charge in [0.2, 0.25) is 11.8 Å². The van der Waals surface area contributed by atoms with Crippen LogP contribution in [0.4, 0.5) is 0 Å². The molecule has 1 aromatic heterocycles. The Morgan fingerprint density at radius 3 is 2.37 bits per heavy atom. The number of aromatic nitrogens is 1. The first-order valence-electron chi connectivity index (χ1n) is 10.4. The highest BCUT2D eigenvalue weighted by Gasteiger charge is 2.23. The van der Waals surface area contributed by atoms with E-state index in [1.807, 2.05) is 72.5 Å². The van der Waals surface area contributed by atoms with Gasteiger partial charge in [-0.3, -0.25) is 9.69 Å². The Balaban J connectivity index is 1.24. The van der Waals surface area contributed by atoms with E-state index in [0.29, 0.717) is 18.3 Å². The van der Waals surface area contributed by atoms with E-state index in [2.05, 4.69) is 9.88 Å². The van der Waals surface area contributed by atoms with E-state index >= 15 is 0 Å². The summed E-state index contributed by atoms with van der Waals surface area (Å²) in [4.78, 5) is 21.6. The molecule has 1 aliphatic heterocycles. The third kappa shape index (κ3) is 5.07. The summed E-state index contributed by atoms with van der Waals surface area (Å²) < 4.78 is 11.6. The molecule has 6 nitrogen and oxygen atoms in total. The van der Waals surface area contributed by atoms with E-state index in [1.165, 1.54) is 0 Å². The largest absolute Gasteiger partial charge is 0.492 e. The highest BCUT2D eigenvalue weighted by Crippen LogP contribution is 2.22. The van der Waals surface area contributed by atoms with Crippen LogP contribution in [0.25, 0.3) is 11.5 Å². The average Bonchev–Trinajstić information content (AvgIpc) is 3.16. The number of ether oxygens (including phenoxy) is 1. The molecular formula is C24H27N3O3. The van der Waals surface area contributed by atoms with Gasteiger partial charge in [-0.25, -0.2) is 4.98 Å². The van der Waals surface area contributed by atoms with Crippen molar-refractivity contribution in [2.24, 2.45) is 0 Å². The van der Waals surface area contributed by atoms with Crippen LogP contribution >= 0.6 is 0 Å². The van der Waals surface area contributed by atoms with E-state index in [1.54, 1.807) is 0 Å². The maximum Gasteiger partial charge on any atom is 0.228 e. The van der Waals surface area contributed by atoms with Crippen LogP contribution in [-0.2, 0) is 11.2 Å². The topological polar surface area (TPSA) is 58.8 Å². The zero-order valence-electron chi connectivity index (χ0n) is 17.3. The molecule has 0 saturated carbocycles. The lowest BCUT2D eigenvalue weighted by atomic mass is 10.2. The lowest BCUT2D eigenvalue weighted by Gasteiger charge is -2.34. The summed E-state index contributed by atoms with van der Waals surface area (Å²) in [6.07, 6.45) is 0.277. The molecule has 1 fully saturated rings. The maximum atomic E-state index is 12.8. The molecule has 2 heterocycles. The Kier molecular flexibility index (Phi) is 6.44. The molecule has 156 valence electrons. The Morgan fingerprint density at radius 1 is 1.00 bits per heavy atom. The highest BCUT2D eigenvalue weighted by atomic mass is 16.5. The molecule has 0 unspecified atom stereocenters. The van der Waals surface area contributed by atoms with E-state index in [0.717, 1.165) is 49.7 Å². The summed E-state index contributed by atoms with van der Waals surface area (Å²) >= 11 is 0. The van der Waals surface area contributed by atoms with Crippen LogP contribution in [0.15, 0.2) is 65.1 Å². The lowest BCUT2D eigenvalue weighted by Crippen LogP contribution is -2.50. The number of hydrogen-bond acceptors (Lipinski definition) is 5. The molecule has 0 spiro atoms. The van der Waals surface area contributed by atoms with Crippen molar-refractivity contribution >= 4 is 5.91 Å². The second kappa shape index (κ2) is 9.59. The Hall–Kier alpha value is -3.12. The molecule has 30 heavy (non-hydrogen) atoms. The molecule has 1 saturated heterocycles. The molecule has 4 rings (SSSR count). The van der Waals surface area contributed by atoms with Crippen molar-refractivity contribution in [3.05, 3.63) is 72.1 Å². The summed E-state index contributed by atoms with van der Waals surface area (Å²) in [5.41, 5.74) is 1.64. The second-order valence-electron chi connectivity index (χ2n) is 7.45. The number of piperazine rings is 1. The monoisotopic (exact) mass is 405 g/mol. The van der Waals surface area contributed by atoms with Crippen molar-refractivity contribution in [2.75, 3.05) is 39.3 Å². The molecule has 0 bridgehead atoms. The number of hydrogen-bond donors (Lipinski definition) is 0. The fraction of sp³-hybridized carbons (Fsp3) is 0.333. The predicted octanol–water partition coefficient (Wildman–Crippen LogP) is 3.42. The molecule has 0 aliphatic carbocycles. The third-order valence-electron chi connectivity index (χ3n) is 5.38. The summed E-state index contributed by atoms with van der Waals surface area (Å²) in [5.74, 6) is 2.27. The number of aryl methyl sites for hydroxylation is 1. The first-order valence-corrected chi connectivity index (χ1v) is 10.4. The Bertz CT molecular complexity index is 948. The first kappa shape index (κ1) is 20.2. The third-order valence-corrected chi connectivity index (χ3v) is 5.38. The summed E-state index contributed by atoms with van der Waals surface area (Å²) in [7, 11) is 0. The zero-order valence-corrected chi connectivity index (χ0v) is 17.3. The minimum Gasteiger partial charge on any atom is -0.492 e. The van der Waals surface area contributed by atoms with E-state index < -0.39 is 0 Å². The predicted molar refractivity (Wildman–Crippen MR) is 115 cm³/mol. The molecule has 1 aliphatic rings.